The molecular formula is C54H90O12. The first kappa shape index (κ1) is 60.1. The Kier molecular flexibility index (Phi) is 36.5. The van der Waals surface area contributed by atoms with E-state index in [0.717, 1.165) is 154 Å². The van der Waals surface area contributed by atoms with E-state index in [1.165, 1.54) is 0 Å². The van der Waals surface area contributed by atoms with Crippen molar-refractivity contribution in [2.24, 2.45) is 0 Å². The number of hydrogen-bond donors (Lipinski definition) is 0. The lowest BCUT2D eigenvalue weighted by molar-refractivity contribution is -0.140. The van der Waals surface area contributed by atoms with Crippen LogP contribution in [0.3, 0.4) is 0 Å². The Morgan fingerprint density at radius 3 is 0.455 bits per heavy atom. The van der Waals surface area contributed by atoms with Gasteiger partial charge >= 0.3 is 35.8 Å². The molecule has 0 aliphatic rings. The fraction of sp³-hybridized carbons (Fsp3) is 0.778. The summed E-state index contributed by atoms with van der Waals surface area (Å²) < 4.78 is 36.2. The lowest BCUT2D eigenvalue weighted by atomic mass is 10.1. The van der Waals surface area contributed by atoms with Gasteiger partial charge in [0.2, 0.25) is 34.5 Å². The number of esters is 6. The van der Waals surface area contributed by atoms with E-state index >= 15 is 0 Å². The van der Waals surface area contributed by atoms with Crippen molar-refractivity contribution >= 4 is 35.8 Å². The summed E-state index contributed by atoms with van der Waals surface area (Å²) in [5, 5.41) is 0. The van der Waals surface area contributed by atoms with E-state index in [4.69, 9.17) is 28.4 Å². The normalized spacial score (nSPS) is 11.0. The number of hydrogen-bond acceptors (Lipinski definition) is 12. The van der Waals surface area contributed by atoms with Crippen molar-refractivity contribution in [3.8, 4) is 34.5 Å². The number of unbranched alkanes of at least 4 members (excludes halogenated alkanes) is 24. The standard InChI is InChI=1S/C54H90O12/c1-7-13-19-25-31-37-43(55)61-49-50(62-44(56)38-32-26-20-14-8-2)52(64-46(58)40-34-28-22-16-10-4)54(66-48(60)42-36-30-24-18-12-6)53(65-47(59)41-35-29-23-17-11-5)51(49)63-45(57)39-33-27-21-15-9-3/h7-42H2,1-6H3. The van der Waals surface area contributed by atoms with Crippen molar-refractivity contribution in [2.75, 3.05) is 0 Å². The minimum absolute atomic E-state index is 0.0339. The first-order valence-electron chi connectivity index (χ1n) is 26.5. The van der Waals surface area contributed by atoms with Crippen molar-refractivity contribution in [3.63, 3.8) is 0 Å². The smallest absolute Gasteiger partial charge is 0.311 e. The van der Waals surface area contributed by atoms with Crippen LogP contribution in [0.2, 0.25) is 0 Å². The lowest BCUT2D eigenvalue weighted by Gasteiger charge is -2.23. The molecule has 0 saturated carbocycles. The zero-order chi connectivity index (χ0) is 48.6. The average Bonchev–Trinajstić information content (AvgIpc) is 3.29. The van der Waals surface area contributed by atoms with Crippen LogP contribution >= 0.6 is 0 Å². The molecule has 1 aromatic carbocycles. The lowest BCUT2D eigenvalue weighted by Crippen LogP contribution is -2.20. The molecule has 0 amide bonds. The van der Waals surface area contributed by atoms with Gasteiger partial charge in [-0.25, -0.2) is 0 Å². The van der Waals surface area contributed by atoms with Gasteiger partial charge in [0.15, 0.2) is 0 Å². The summed E-state index contributed by atoms with van der Waals surface area (Å²) in [4.78, 5) is 83.0. The molecular weight excluding hydrogens is 841 g/mol. The molecule has 1 rings (SSSR count). The first-order chi connectivity index (χ1) is 32.1. The van der Waals surface area contributed by atoms with E-state index in [1.54, 1.807) is 0 Å². The van der Waals surface area contributed by atoms with E-state index < -0.39 is 70.3 Å². The third-order valence-electron chi connectivity index (χ3n) is 11.4. The Labute approximate surface area is 399 Å². The molecule has 0 fully saturated rings. The van der Waals surface area contributed by atoms with E-state index in [9.17, 15) is 28.8 Å². The van der Waals surface area contributed by atoms with Crippen molar-refractivity contribution in [1.29, 1.82) is 0 Å². The van der Waals surface area contributed by atoms with Crippen LogP contribution < -0.4 is 28.4 Å². The molecule has 12 heteroatoms. The molecule has 0 aromatic heterocycles. The monoisotopic (exact) mass is 931 g/mol. The van der Waals surface area contributed by atoms with Crippen molar-refractivity contribution in [3.05, 3.63) is 0 Å². The van der Waals surface area contributed by atoms with Crippen molar-refractivity contribution in [2.45, 2.75) is 273 Å². The van der Waals surface area contributed by atoms with Gasteiger partial charge in [0.25, 0.3) is 0 Å². The maximum Gasteiger partial charge on any atom is 0.311 e. The number of carbonyl (C=O) groups is 6. The van der Waals surface area contributed by atoms with Crippen LogP contribution in [-0.2, 0) is 28.8 Å². The van der Waals surface area contributed by atoms with E-state index in [0.29, 0.717) is 38.5 Å². The van der Waals surface area contributed by atoms with Crippen molar-refractivity contribution in [1.82, 2.24) is 0 Å². The topological polar surface area (TPSA) is 158 Å². The fourth-order valence-electron chi connectivity index (χ4n) is 7.40. The van der Waals surface area contributed by atoms with Gasteiger partial charge in [0, 0.05) is 38.5 Å². The molecule has 66 heavy (non-hydrogen) atoms. The Morgan fingerprint density at radius 2 is 0.333 bits per heavy atom. The number of carbonyl (C=O) groups excluding carboxylic acids is 6. The number of benzene rings is 1. The van der Waals surface area contributed by atoms with Gasteiger partial charge in [-0.05, 0) is 38.5 Å². The highest BCUT2D eigenvalue weighted by Crippen LogP contribution is 2.59. The quantitative estimate of drug-likeness (QED) is 0.0348. The van der Waals surface area contributed by atoms with Crippen molar-refractivity contribution < 1.29 is 57.2 Å². The molecule has 12 nitrogen and oxygen atoms in total. The summed E-state index contributed by atoms with van der Waals surface area (Å²) in [6.45, 7) is 12.6. The summed E-state index contributed by atoms with van der Waals surface area (Å²) in [6, 6.07) is 0. The Balaban J connectivity index is 4.24. The van der Waals surface area contributed by atoms with Crippen LogP contribution in [0.4, 0.5) is 0 Å². The van der Waals surface area contributed by atoms with E-state index in [1.807, 2.05) is 0 Å². The van der Waals surface area contributed by atoms with Gasteiger partial charge in [-0.2, -0.15) is 0 Å². The van der Waals surface area contributed by atoms with Crippen LogP contribution in [0.5, 0.6) is 34.5 Å². The van der Waals surface area contributed by atoms with Crippen LogP contribution in [0.1, 0.15) is 273 Å². The zero-order valence-corrected chi connectivity index (χ0v) is 42.4. The minimum atomic E-state index is -0.738. The van der Waals surface area contributed by atoms with Gasteiger partial charge in [0.1, 0.15) is 0 Å². The zero-order valence-electron chi connectivity index (χ0n) is 42.4. The van der Waals surface area contributed by atoms with Crippen LogP contribution in [0.25, 0.3) is 0 Å². The first-order valence-corrected chi connectivity index (χ1v) is 26.5. The largest absolute Gasteiger partial charge is 0.418 e. The minimum Gasteiger partial charge on any atom is -0.418 e. The Morgan fingerprint density at radius 1 is 0.212 bits per heavy atom. The van der Waals surface area contributed by atoms with E-state index in [-0.39, 0.29) is 38.5 Å². The third-order valence-corrected chi connectivity index (χ3v) is 11.4. The molecule has 0 radical (unpaired) electrons. The van der Waals surface area contributed by atoms with Gasteiger partial charge in [-0.15, -0.1) is 0 Å². The molecule has 0 spiro atoms. The van der Waals surface area contributed by atoms with Gasteiger partial charge in [-0.3, -0.25) is 28.8 Å². The molecule has 0 atom stereocenters. The average molecular weight is 931 g/mol. The number of rotatable bonds is 42. The van der Waals surface area contributed by atoms with Crippen LogP contribution in [0, 0.1) is 0 Å². The SMILES string of the molecule is CCCCCCCC(=O)Oc1c(OC(=O)CCCCCCC)c(OC(=O)CCCCCCC)c(OC(=O)CCCCCCC)c(OC(=O)CCCCCCC)c1OC(=O)CCCCCCC. The second-order valence-corrected chi connectivity index (χ2v) is 17.8. The van der Waals surface area contributed by atoms with Crippen LogP contribution in [-0.4, -0.2) is 35.8 Å². The summed E-state index contributed by atoms with van der Waals surface area (Å²) in [7, 11) is 0. The predicted octanol–water partition coefficient (Wildman–Crippen LogP) is 15.3. The Bertz CT molecular complexity index is 1210. The molecule has 0 heterocycles. The molecule has 0 saturated heterocycles. The Hall–Kier alpha value is -3.96. The number of ether oxygens (including phenoxy) is 6. The summed E-state index contributed by atoms with van der Waals surface area (Å²) >= 11 is 0. The summed E-state index contributed by atoms with van der Waals surface area (Å²) in [6.07, 6.45) is 25.0. The second kappa shape index (κ2) is 40.1. The molecule has 0 aliphatic heterocycles. The summed E-state index contributed by atoms with van der Waals surface area (Å²) in [5.74, 6) is -7.82. The highest BCUT2D eigenvalue weighted by molar-refractivity contribution is 5.90. The maximum absolute atomic E-state index is 13.8. The maximum atomic E-state index is 13.8. The third kappa shape index (κ3) is 28.3. The molecule has 0 bridgehead atoms. The summed E-state index contributed by atoms with van der Waals surface area (Å²) in [5.41, 5.74) is 0. The van der Waals surface area contributed by atoms with Gasteiger partial charge < -0.3 is 28.4 Å². The van der Waals surface area contributed by atoms with E-state index in [2.05, 4.69) is 41.5 Å². The van der Waals surface area contributed by atoms with Crippen LogP contribution in [0.15, 0.2) is 0 Å². The predicted molar refractivity (Wildman–Crippen MR) is 261 cm³/mol. The van der Waals surface area contributed by atoms with Gasteiger partial charge in [0.05, 0.1) is 0 Å². The van der Waals surface area contributed by atoms with Gasteiger partial charge in [-0.1, -0.05) is 196 Å². The molecule has 378 valence electrons. The highest BCUT2D eigenvalue weighted by Gasteiger charge is 2.38. The molecule has 1 aromatic rings. The highest BCUT2D eigenvalue weighted by atomic mass is 16.6. The molecule has 0 N–H and O–H groups in total. The second-order valence-electron chi connectivity index (χ2n) is 17.8. The molecule has 0 aliphatic carbocycles. The molecule has 0 unspecified atom stereocenters. The fourth-order valence-corrected chi connectivity index (χ4v) is 7.40.